The van der Waals surface area contributed by atoms with Gasteiger partial charge in [-0.3, -0.25) is 9.89 Å². The molecule has 110 valence electrons. The standard InChI is InChI=1S/C13H12ClN3O3S/c1-20-13(19)11-10(6-15-17-11)16-12(18)8-5-7(21-2)3-4-9(8)14/h3-6H,1-2H3,(H,15,17)(H,16,18). The first-order valence-corrected chi connectivity index (χ1v) is 7.43. The minimum absolute atomic E-state index is 0.0722. The largest absolute Gasteiger partial charge is 0.464 e. The second kappa shape index (κ2) is 6.64. The number of ether oxygens (including phenoxy) is 1. The number of carbonyl (C=O) groups excluding carboxylic acids is 2. The first kappa shape index (κ1) is 15.4. The molecule has 0 unspecified atom stereocenters. The molecule has 6 nitrogen and oxygen atoms in total. The first-order chi connectivity index (χ1) is 10.1. The summed E-state index contributed by atoms with van der Waals surface area (Å²) >= 11 is 7.53. The molecule has 1 amide bonds. The van der Waals surface area contributed by atoms with Crippen LogP contribution in [0.1, 0.15) is 20.8 Å². The highest BCUT2D eigenvalue weighted by Crippen LogP contribution is 2.24. The molecule has 2 N–H and O–H groups in total. The number of anilines is 1. The number of thioether (sulfide) groups is 1. The van der Waals surface area contributed by atoms with Gasteiger partial charge in [0, 0.05) is 4.90 Å². The Morgan fingerprint density at radius 3 is 2.86 bits per heavy atom. The van der Waals surface area contributed by atoms with E-state index in [-0.39, 0.29) is 11.4 Å². The summed E-state index contributed by atoms with van der Waals surface area (Å²) in [5.41, 5.74) is 0.626. The van der Waals surface area contributed by atoms with Gasteiger partial charge in [-0.05, 0) is 24.5 Å². The number of carbonyl (C=O) groups is 2. The number of benzene rings is 1. The third-order valence-corrected chi connectivity index (χ3v) is 3.75. The average Bonchev–Trinajstić information content (AvgIpc) is 2.95. The fourth-order valence-electron chi connectivity index (χ4n) is 1.63. The maximum atomic E-state index is 12.3. The van der Waals surface area contributed by atoms with Crippen molar-refractivity contribution in [2.45, 2.75) is 4.90 Å². The zero-order valence-electron chi connectivity index (χ0n) is 11.3. The van der Waals surface area contributed by atoms with E-state index in [1.807, 2.05) is 12.3 Å². The first-order valence-electron chi connectivity index (χ1n) is 5.83. The van der Waals surface area contributed by atoms with E-state index < -0.39 is 11.9 Å². The van der Waals surface area contributed by atoms with E-state index in [1.165, 1.54) is 25.1 Å². The predicted octanol–water partition coefficient (Wildman–Crippen LogP) is 2.82. The van der Waals surface area contributed by atoms with Gasteiger partial charge in [-0.2, -0.15) is 5.10 Å². The van der Waals surface area contributed by atoms with Crippen LogP contribution in [0.25, 0.3) is 0 Å². The van der Waals surface area contributed by atoms with Gasteiger partial charge in [0.25, 0.3) is 5.91 Å². The topological polar surface area (TPSA) is 84.1 Å². The van der Waals surface area contributed by atoms with Crippen molar-refractivity contribution in [3.8, 4) is 0 Å². The van der Waals surface area contributed by atoms with E-state index in [4.69, 9.17) is 11.6 Å². The zero-order valence-corrected chi connectivity index (χ0v) is 12.8. The van der Waals surface area contributed by atoms with Crippen molar-refractivity contribution in [2.24, 2.45) is 0 Å². The second-order valence-electron chi connectivity index (χ2n) is 3.95. The lowest BCUT2D eigenvalue weighted by Crippen LogP contribution is -2.15. The van der Waals surface area contributed by atoms with Crippen LogP contribution in [0.3, 0.4) is 0 Å². The lowest BCUT2D eigenvalue weighted by Gasteiger charge is -2.07. The molecule has 0 radical (unpaired) electrons. The molecule has 1 aromatic carbocycles. The van der Waals surface area contributed by atoms with Crippen molar-refractivity contribution in [1.29, 1.82) is 0 Å². The Balaban J connectivity index is 2.26. The molecule has 0 atom stereocenters. The maximum Gasteiger partial charge on any atom is 0.358 e. The number of methoxy groups -OCH3 is 1. The van der Waals surface area contributed by atoms with E-state index in [1.54, 1.807) is 12.1 Å². The van der Waals surface area contributed by atoms with E-state index in [0.717, 1.165) is 4.90 Å². The Labute approximate surface area is 130 Å². The predicted molar refractivity (Wildman–Crippen MR) is 81.1 cm³/mol. The summed E-state index contributed by atoms with van der Waals surface area (Å²) in [5, 5.41) is 9.10. The van der Waals surface area contributed by atoms with Gasteiger partial charge >= 0.3 is 5.97 Å². The molecule has 0 saturated heterocycles. The molecule has 21 heavy (non-hydrogen) atoms. The van der Waals surface area contributed by atoms with Gasteiger partial charge in [-0.15, -0.1) is 11.8 Å². The lowest BCUT2D eigenvalue weighted by atomic mass is 10.2. The van der Waals surface area contributed by atoms with Crippen molar-refractivity contribution in [3.05, 3.63) is 40.7 Å². The van der Waals surface area contributed by atoms with Gasteiger partial charge in [0.15, 0.2) is 5.69 Å². The number of halogens is 1. The Morgan fingerprint density at radius 2 is 2.19 bits per heavy atom. The molecule has 0 aliphatic carbocycles. The summed E-state index contributed by atoms with van der Waals surface area (Å²) in [6.45, 7) is 0. The molecule has 1 aromatic heterocycles. The highest BCUT2D eigenvalue weighted by molar-refractivity contribution is 7.98. The number of hydrogen-bond acceptors (Lipinski definition) is 5. The van der Waals surface area contributed by atoms with Crippen LogP contribution in [-0.4, -0.2) is 35.4 Å². The summed E-state index contributed by atoms with van der Waals surface area (Å²) in [5.74, 6) is -1.05. The molecule has 1 heterocycles. The third-order valence-electron chi connectivity index (χ3n) is 2.70. The van der Waals surface area contributed by atoms with Crippen LogP contribution in [0, 0.1) is 0 Å². The molecule has 0 aliphatic heterocycles. The van der Waals surface area contributed by atoms with E-state index >= 15 is 0 Å². The Morgan fingerprint density at radius 1 is 1.43 bits per heavy atom. The second-order valence-corrected chi connectivity index (χ2v) is 5.24. The number of hydrogen-bond donors (Lipinski definition) is 2. The maximum absolute atomic E-state index is 12.3. The number of amides is 1. The Bertz CT molecular complexity index is 687. The number of aromatic amines is 1. The monoisotopic (exact) mass is 325 g/mol. The summed E-state index contributed by atoms with van der Waals surface area (Å²) in [7, 11) is 1.24. The molecular formula is C13H12ClN3O3S. The van der Waals surface area contributed by atoms with Crippen LogP contribution < -0.4 is 5.32 Å². The number of nitrogens with one attached hydrogen (secondary N) is 2. The molecule has 0 aliphatic rings. The molecule has 2 aromatic rings. The van der Waals surface area contributed by atoms with Crippen LogP contribution in [0.5, 0.6) is 0 Å². The van der Waals surface area contributed by atoms with Gasteiger partial charge in [0.05, 0.1) is 29.6 Å². The minimum atomic E-state index is -0.619. The van der Waals surface area contributed by atoms with E-state index in [0.29, 0.717) is 10.6 Å². The molecule has 0 saturated carbocycles. The number of rotatable bonds is 4. The molecule has 2 rings (SSSR count). The molecule has 0 bridgehead atoms. The number of aromatic nitrogens is 2. The van der Waals surface area contributed by atoms with Crippen molar-refractivity contribution >= 4 is 40.9 Å². The SMILES string of the molecule is COC(=O)c1[nH]ncc1NC(=O)c1cc(SC)ccc1Cl. The van der Waals surface area contributed by atoms with Crippen molar-refractivity contribution in [2.75, 3.05) is 18.7 Å². The van der Waals surface area contributed by atoms with Gasteiger partial charge < -0.3 is 10.1 Å². The minimum Gasteiger partial charge on any atom is -0.464 e. The fourth-order valence-corrected chi connectivity index (χ4v) is 2.28. The molecule has 8 heteroatoms. The van der Waals surface area contributed by atoms with Crippen molar-refractivity contribution in [1.82, 2.24) is 10.2 Å². The Hall–Kier alpha value is -1.99. The van der Waals surface area contributed by atoms with Crippen molar-refractivity contribution in [3.63, 3.8) is 0 Å². The highest BCUT2D eigenvalue weighted by atomic mass is 35.5. The smallest absolute Gasteiger partial charge is 0.358 e. The van der Waals surface area contributed by atoms with Crippen LogP contribution in [0.2, 0.25) is 5.02 Å². The number of H-pyrrole nitrogens is 1. The van der Waals surface area contributed by atoms with Gasteiger partial charge in [0.2, 0.25) is 0 Å². The molecular weight excluding hydrogens is 314 g/mol. The van der Waals surface area contributed by atoms with Gasteiger partial charge in [0.1, 0.15) is 0 Å². The summed E-state index contributed by atoms with van der Waals surface area (Å²) in [6.07, 6.45) is 3.23. The van der Waals surface area contributed by atoms with E-state index in [2.05, 4.69) is 20.3 Å². The average molecular weight is 326 g/mol. The summed E-state index contributed by atoms with van der Waals surface area (Å²) in [6, 6.07) is 5.15. The normalized spacial score (nSPS) is 10.2. The van der Waals surface area contributed by atoms with Crippen molar-refractivity contribution < 1.29 is 14.3 Å². The third kappa shape index (κ3) is 3.37. The number of nitrogens with zero attached hydrogens (tertiary/aromatic N) is 1. The zero-order chi connectivity index (χ0) is 15.4. The van der Waals surface area contributed by atoms with Crippen LogP contribution in [0.15, 0.2) is 29.3 Å². The van der Waals surface area contributed by atoms with Gasteiger partial charge in [-0.25, -0.2) is 4.79 Å². The Kier molecular flexibility index (Phi) is 4.87. The van der Waals surface area contributed by atoms with Crippen LogP contribution in [-0.2, 0) is 4.74 Å². The van der Waals surface area contributed by atoms with Gasteiger partial charge in [-0.1, -0.05) is 11.6 Å². The van der Waals surface area contributed by atoms with E-state index in [9.17, 15) is 9.59 Å². The lowest BCUT2D eigenvalue weighted by molar-refractivity contribution is 0.0595. The molecule has 0 fully saturated rings. The quantitative estimate of drug-likeness (QED) is 0.667. The van der Waals surface area contributed by atoms with Crippen LogP contribution >= 0.6 is 23.4 Å². The number of esters is 1. The summed E-state index contributed by atoms with van der Waals surface area (Å²) < 4.78 is 4.59. The fraction of sp³-hybridized carbons (Fsp3) is 0.154. The highest BCUT2D eigenvalue weighted by Gasteiger charge is 2.18. The summed E-state index contributed by atoms with van der Waals surface area (Å²) in [4.78, 5) is 24.7. The molecule has 0 spiro atoms. The van der Waals surface area contributed by atoms with Crippen LogP contribution in [0.4, 0.5) is 5.69 Å².